The molecule has 0 radical (unpaired) electrons. The van der Waals surface area contributed by atoms with Crippen molar-refractivity contribution in [3.8, 4) is 0 Å². The molecule has 24 heavy (non-hydrogen) atoms. The molecule has 2 rings (SSSR count). The van der Waals surface area contributed by atoms with E-state index in [9.17, 15) is 4.79 Å². The van der Waals surface area contributed by atoms with Gasteiger partial charge in [-0.25, -0.2) is 4.79 Å². The maximum Gasteiger partial charge on any atom is 0.322 e. The molecule has 5 heteroatoms. The number of carbonyl (C=O) groups is 1. The van der Waals surface area contributed by atoms with Crippen LogP contribution in [0, 0.1) is 0 Å². The molecule has 0 saturated carbocycles. The molecule has 0 spiro atoms. The lowest BCUT2D eigenvalue weighted by atomic mass is 10.2. The molecule has 0 atom stereocenters. The van der Waals surface area contributed by atoms with Crippen LogP contribution in [-0.4, -0.2) is 31.2 Å². The Morgan fingerprint density at radius 3 is 2.46 bits per heavy atom. The molecule has 1 N–H and O–H groups in total. The first kappa shape index (κ1) is 18.3. The number of rotatable bonds is 8. The average Bonchev–Trinajstić information content (AvgIpc) is 2.60. The highest BCUT2D eigenvalue weighted by atomic mass is 35.5. The van der Waals surface area contributed by atoms with Crippen LogP contribution in [0.15, 0.2) is 54.6 Å². The standard InChI is InChI=1S/C19H23ClN2O2/c1-24-14-6-5-13-22(15-16-7-3-2-4-8-16)19(23)21-18-11-9-17(20)10-12-18/h2-4,7-12H,5-6,13-15H2,1H3,(H,21,23). The molecule has 0 unspecified atom stereocenters. The molecular formula is C19H23ClN2O2. The second kappa shape index (κ2) is 9.96. The fraction of sp³-hybridized carbons (Fsp3) is 0.316. The first-order valence-corrected chi connectivity index (χ1v) is 8.41. The number of ether oxygens (including phenoxy) is 1. The summed E-state index contributed by atoms with van der Waals surface area (Å²) < 4.78 is 5.08. The van der Waals surface area contributed by atoms with Gasteiger partial charge in [0.05, 0.1) is 0 Å². The van der Waals surface area contributed by atoms with Crippen molar-refractivity contribution >= 4 is 23.3 Å². The molecule has 0 fully saturated rings. The van der Waals surface area contributed by atoms with E-state index in [-0.39, 0.29) is 6.03 Å². The zero-order valence-electron chi connectivity index (χ0n) is 13.9. The lowest BCUT2D eigenvalue weighted by Crippen LogP contribution is -2.35. The SMILES string of the molecule is COCCCCN(Cc1ccccc1)C(=O)Nc1ccc(Cl)cc1. The van der Waals surface area contributed by atoms with Gasteiger partial charge in [-0.15, -0.1) is 0 Å². The van der Waals surface area contributed by atoms with E-state index in [0.29, 0.717) is 24.7 Å². The Bertz CT molecular complexity index is 617. The normalized spacial score (nSPS) is 10.4. The summed E-state index contributed by atoms with van der Waals surface area (Å²) in [6.07, 6.45) is 1.82. The van der Waals surface area contributed by atoms with Gasteiger partial charge in [-0.1, -0.05) is 41.9 Å². The lowest BCUT2D eigenvalue weighted by Gasteiger charge is -2.23. The number of benzene rings is 2. The van der Waals surface area contributed by atoms with E-state index in [4.69, 9.17) is 16.3 Å². The van der Waals surface area contributed by atoms with Crippen molar-refractivity contribution in [3.05, 3.63) is 65.2 Å². The third-order valence-electron chi connectivity index (χ3n) is 3.63. The van der Waals surface area contributed by atoms with Crippen LogP contribution < -0.4 is 5.32 Å². The topological polar surface area (TPSA) is 41.6 Å². The van der Waals surface area contributed by atoms with Crippen molar-refractivity contribution < 1.29 is 9.53 Å². The number of nitrogens with one attached hydrogen (secondary N) is 1. The number of halogens is 1. The van der Waals surface area contributed by atoms with Gasteiger partial charge in [-0.05, 0) is 42.7 Å². The molecule has 0 saturated heterocycles. The summed E-state index contributed by atoms with van der Waals surface area (Å²) in [5.41, 5.74) is 1.84. The smallest absolute Gasteiger partial charge is 0.322 e. The van der Waals surface area contributed by atoms with Gasteiger partial charge >= 0.3 is 6.03 Å². The van der Waals surface area contributed by atoms with Crippen molar-refractivity contribution in [2.45, 2.75) is 19.4 Å². The fourth-order valence-electron chi connectivity index (χ4n) is 2.34. The summed E-state index contributed by atoms with van der Waals surface area (Å²) in [5.74, 6) is 0. The number of anilines is 1. The van der Waals surface area contributed by atoms with Gasteiger partial charge in [-0.3, -0.25) is 0 Å². The highest BCUT2D eigenvalue weighted by molar-refractivity contribution is 6.30. The van der Waals surface area contributed by atoms with E-state index < -0.39 is 0 Å². The van der Waals surface area contributed by atoms with Crippen LogP contribution in [0.25, 0.3) is 0 Å². The Morgan fingerprint density at radius 2 is 1.79 bits per heavy atom. The number of hydrogen-bond donors (Lipinski definition) is 1. The minimum absolute atomic E-state index is 0.112. The summed E-state index contributed by atoms with van der Waals surface area (Å²) >= 11 is 5.88. The van der Waals surface area contributed by atoms with Crippen LogP contribution in [0.5, 0.6) is 0 Å². The Balaban J connectivity index is 1.99. The third kappa shape index (κ3) is 6.22. The predicted octanol–water partition coefficient (Wildman–Crippen LogP) is 4.80. The molecule has 2 amide bonds. The van der Waals surface area contributed by atoms with E-state index >= 15 is 0 Å². The number of nitrogens with zero attached hydrogens (tertiary/aromatic N) is 1. The second-order valence-corrected chi connectivity index (χ2v) is 5.98. The molecule has 4 nitrogen and oxygen atoms in total. The highest BCUT2D eigenvalue weighted by Crippen LogP contribution is 2.15. The summed E-state index contributed by atoms with van der Waals surface area (Å²) in [5, 5.41) is 3.57. The summed E-state index contributed by atoms with van der Waals surface area (Å²) in [6, 6.07) is 17.0. The van der Waals surface area contributed by atoms with E-state index in [2.05, 4.69) is 5.32 Å². The molecule has 0 aliphatic carbocycles. The number of methoxy groups -OCH3 is 1. The van der Waals surface area contributed by atoms with Gasteiger partial charge in [0.25, 0.3) is 0 Å². The molecule has 0 aliphatic heterocycles. The zero-order chi connectivity index (χ0) is 17.2. The van der Waals surface area contributed by atoms with Crippen LogP contribution in [0.1, 0.15) is 18.4 Å². The van der Waals surface area contributed by atoms with Crippen LogP contribution >= 0.6 is 11.6 Å². The van der Waals surface area contributed by atoms with Gasteiger partial charge in [-0.2, -0.15) is 0 Å². The van der Waals surface area contributed by atoms with Gasteiger partial charge in [0.2, 0.25) is 0 Å². The lowest BCUT2D eigenvalue weighted by molar-refractivity contribution is 0.182. The van der Waals surface area contributed by atoms with Crippen molar-refractivity contribution in [1.29, 1.82) is 0 Å². The first-order valence-electron chi connectivity index (χ1n) is 8.03. The highest BCUT2D eigenvalue weighted by Gasteiger charge is 2.14. The number of urea groups is 1. The van der Waals surface area contributed by atoms with Crippen molar-refractivity contribution in [2.24, 2.45) is 0 Å². The molecule has 128 valence electrons. The molecule has 0 bridgehead atoms. The summed E-state index contributed by atoms with van der Waals surface area (Å²) in [4.78, 5) is 14.4. The molecule has 0 aliphatic rings. The number of carbonyl (C=O) groups excluding carboxylic acids is 1. The van der Waals surface area contributed by atoms with Gasteiger partial charge in [0.15, 0.2) is 0 Å². The Labute approximate surface area is 148 Å². The van der Waals surface area contributed by atoms with Crippen molar-refractivity contribution in [1.82, 2.24) is 4.90 Å². The van der Waals surface area contributed by atoms with E-state index in [0.717, 1.165) is 24.1 Å². The maximum absolute atomic E-state index is 12.6. The first-order chi connectivity index (χ1) is 11.7. The molecule has 0 heterocycles. The fourth-order valence-corrected chi connectivity index (χ4v) is 2.47. The maximum atomic E-state index is 12.6. The van der Waals surface area contributed by atoms with E-state index in [1.807, 2.05) is 35.2 Å². The Kier molecular flexibility index (Phi) is 7.59. The molecule has 2 aromatic carbocycles. The Hall–Kier alpha value is -2.04. The van der Waals surface area contributed by atoms with E-state index in [1.54, 1.807) is 31.4 Å². The van der Waals surface area contributed by atoms with Gasteiger partial charge in [0, 0.05) is 37.5 Å². The van der Waals surface area contributed by atoms with Crippen LogP contribution in [0.3, 0.4) is 0 Å². The number of unbranched alkanes of at least 4 members (excludes halogenated alkanes) is 1. The summed E-state index contributed by atoms with van der Waals surface area (Å²) in [7, 11) is 1.69. The minimum Gasteiger partial charge on any atom is -0.385 e. The van der Waals surface area contributed by atoms with Crippen LogP contribution in [0.4, 0.5) is 10.5 Å². The quantitative estimate of drug-likeness (QED) is 0.697. The molecule has 2 aromatic rings. The third-order valence-corrected chi connectivity index (χ3v) is 3.88. The van der Waals surface area contributed by atoms with Crippen molar-refractivity contribution in [3.63, 3.8) is 0 Å². The molecule has 0 aromatic heterocycles. The number of hydrogen-bond acceptors (Lipinski definition) is 2. The van der Waals surface area contributed by atoms with Crippen LogP contribution in [0.2, 0.25) is 5.02 Å². The Morgan fingerprint density at radius 1 is 1.08 bits per heavy atom. The van der Waals surface area contributed by atoms with Gasteiger partial charge in [0.1, 0.15) is 0 Å². The van der Waals surface area contributed by atoms with Crippen molar-refractivity contribution in [2.75, 3.05) is 25.6 Å². The largest absolute Gasteiger partial charge is 0.385 e. The minimum atomic E-state index is -0.112. The molecular weight excluding hydrogens is 324 g/mol. The summed E-state index contributed by atoms with van der Waals surface area (Å²) in [6.45, 7) is 1.96. The second-order valence-electron chi connectivity index (χ2n) is 5.54. The number of amides is 2. The predicted molar refractivity (Wildman–Crippen MR) is 98.4 cm³/mol. The van der Waals surface area contributed by atoms with Crippen LogP contribution in [-0.2, 0) is 11.3 Å². The zero-order valence-corrected chi connectivity index (χ0v) is 14.6. The average molecular weight is 347 g/mol. The van der Waals surface area contributed by atoms with E-state index in [1.165, 1.54) is 0 Å². The van der Waals surface area contributed by atoms with Gasteiger partial charge < -0.3 is 15.0 Å². The monoisotopic (exact) mass is 346 g/mol.